The number of carbonyl (C=O) groups excluding carboxylic acids is 2. The number of rotatable bonds is 4. The standard InChI is InChI=1S/C12H14O3S/c1-9(10-5-3-2-4-6-10)7-11(13)15-12(14)8-16/h2-6,9,16H,7-8H2,1H3/t9-/m0/s1. The maximum absolute atomic E-state index is 11.3. The van der Waals surface area contributed by atoms with E-state index >= 15 is 0 Å². The molecule has 0 spiro atoms. The monoisotopic (exact) mass is 238 g/mol. The lowest BCUT2D eigenvalue weighted by molar-refractivity contribution is -0.157. The summed E-state index contributed by atoms with van der Waals surface area (Å²) < 4.78 is 4.54. The Kier molecular flexibility index (Phi) is 5.05. The van der Waals surface area contributed by atoms with Crippen molar-refractivity contribution < 1.29 is 14.3 Å². The SMILES string of the molecule is C[C@@H](CC(=O)OC(=O)CS)c1ccccc1. The molecule has 4 heteroatoms. The highest BCUT2D eigenvalue weighted by molar-refractivity contribution is 7.81. The Bertz CT molecular complexity index is 362. The van der Waals surface area contributed by atoms with E-state index in [4.69, 9.17) is 0 Å². The molecule has 0 N–H and O–H groups in total. The maximum Gasteiger partial charge on any atom is 0.323 e. The molecule has 86 valence electrons. The van der Waals surface area contributed by atoms with E-state index in [9.17, 15) is 9.59 Å². The van der Waals surface area contributed by atoms with E-state index in [0.717, 1.165) is 5.56 Å². The molecule has 1 rings (SSSR count). The molecule has 0 unspecified atom stereocenters. The zero-order valence-electron chi connectivity index (χ0n) is 9.05. The molecule has 0 aliphatic rings. The van der Waals surface area contributed by atoms with Gasteiger partial charge in [-0.3, -0.25) is 9.59 Å². The highest BCUT2D eigenvalue weighted by Crippen LogP contribution is 2.18. The van der Waals surface area contributed by atoms with E-state index in [-0.39, 0.29) is 18.1 Å². The summed E-state index contributed by atoms with van der Waals surface area (Å²) in [5.74, 6) is -1.14. The number of ether oxygens (including phenoxy) is 1. The van der Waals surface area contributed by atoms with Gasteiger partial charge >= 0.3 is 11.9 Å². The third kappa shape index (κ3) is 4.06. The van der Waals surface area contributed by atoms with Crippen molar-refractivity contribution in [1.29, 1.82) is 0 Å². The van der Waals surface area contributed by atoms with Crippen LogP contribution in [0.2, 0.25) is 0 Å². The summed E-state index contributed by atoms with van der Waals surface area (Å²) in [5, 5.41) is 0. The van der Waals surface area contributed by atoms with Crippen LogP contribution in [-0.2, 0) is 14.3 Å². The zero-order chi connectivity index (χ0) is 12.0. The van der Waals surface area contributed by atoms with Gasteiger partial charge in [0.1, 0.15) is 0 Å². The fraction of sp³-hybridized carbons (Fsp3) is 0.333. The Labute approximate surface area is 100 Å². The molecule has 0 saturated carbocycles. The van der Waals surface area contributed by atoms with Gasteiger partial charge in [0.2, 0.25) is 0 Å². The predicted molar refractivity (Wildman–Crippen MR) is 64.4 cm³/mol. The molecule has 0 fully saturated rings. The lowest BCUT2D eigenvalue weighted by Gasteiger charge is -2.10. The first-order valence-corrected chi connectivity index (χ1v) is 5.66. The van der Waals surface area contributed by atoms with E-state index < -0.39 is 11.9 Å². The smallest absolute Gasteiger partial charge is 0.323 e. The number of esters is 2. The Morgan fingerprint density at radius 3 is 2.44 bits per heavy atom. The molecule has 1 aromatic carbocycles. The van der Waals surface area contributed by atoms with E-state index in [1.807, 2.05) is 37.3 Å². The van der Waals surface area contributed by atoms with Crippen molar-refractivity contribution in [2.75, 3.05) is 5.75 Å². The van der Waals surface area contributed by atoms with Crippen LogP contribution in [0, 0.1) is 0 Å². The summed E-state index contributed by atoms with van der Waals surface area (Å²) in [4.78, 5) is 22.1. The lowest BCUT2D eigenvalue weighted by Crippen LogP contribution is -2.15. The van der Waals surface area contributed by atoms with E-state index in [0.29, 0.717) is 0 Å². The second-order valence-corrected chi connectivity index (χ2v) is 3.84. The molecule has 1 aromatic rings. The van der Waals surface area contributed by atoms with Crippen molar-refractivity contribution in [3.63, 3.8) is 0 Å². The molecule has 0 aliphatic carbocycles. The highest BCUT2D eigenvalue weighted by Gasteiger charge is 2.14. The summed E-state index contributed by atoms with van der Waals surface area (Å²) in [7, 11) is 0. The predicted octanol–water partition coefficient (Wildman–Crippen LogP) is 2.18. The van der Waals surface area contributed by atoms with Crippen LogP contribution in [-0.4, -0.2) is 17.7 Å². The van der Waals surface area contributed by atoms with Gasteiger partial charge in [-0.25, -0.2) is 0 Å². The van der Waals surface area contributed by atoms with Crippen LogP contribution in [0.3, 0.4) is 0 Å². The summed E-state index contributed by atoms with van der Waals surface area (Å²) >= 11 is 3.72. The topological polar surface area (TPSA) is 43.4 Å². The van der Waals surface area contributed by atoms with E-state index in [2.05, 4.69) is 17.4 Å². The molecule has 0 aliphatic heterocycles. The first-order chi connectivity index (χ1) is 7.63. The Morgan fingerprint density at radius 1 is 1.25 bits per heavy atom. The minimum absolute atomic E-state index is 0.0430. The van der Waals surface area contributed by atoms with Gasteiger partial charge < -0.3 is 4.74 Å². The second-order valence-electron chi connectivity index (χ2n) is 3.52. The zero-order valence-corrected chi connectivity index (χ0v) is 9.94. The number of carbonyl (C=O) groups is 2. The highest BCUT2D eigenvalue weighted by atomic mass is 32.1. The molecule has 1 atom stereocenters. The summed E-state index contributed by atoms with van der Waals surface area (Å²) in [6, 6.07) is 9.63. The van der Waals surface area contributed by atoms with Crippen LogP contribution in [0.5, 0.6) is 0 Å². The Morgan fingerprint density at radius 2 is 1.88 bits per heavy atom. The van der Waals surface area contributed by atoms with Gasteiger partial charge in [0, 0.05) is 0 Å². The van der Waals surface area contributed by atoms with Gasteiger partial charge in [-0.05, 0) is 11.5 Å². The molecular formula is C12H14O3S. The van der Waals surface area contributed by atoms with Gasteiger partial charge in [0.15, 0.2) is 0 Å². The third-order valence-electron chi connectivity index (χ3n) is 2.20. The van der Waals surface area contributed by atoms with Gasteiger partial charge in [-0.2, -0.15) is 12.6 Å². The first-order valence-electron chi connectivity index (χ1n) is 5.02. The minimum atomic E-state index is -0.603. The molecule has 0 aromatic heterocycles. The van der Waals surface area contributed by atoms with Crippen molar-refractivity contribution >= 4 is 24.6 Å². The molecule has 0 heterocycles. The molecule has 0 radical (unpaired) electrons. The quantitative estimate of drug-likeness (QED) is 0.496. The second kappa shape index (κ2) is 6.33. The molecule has 0 bridgehead atoms. The minimum Gasteiger partial charge on any atom is -0.393 e. The van der Waals surface area contributed by atoms with Gasteiger partial charge in [-0.1, -0.05) is 37.3 Å². The Hall–Kier alpha value is -1.29. The largest absolute Gasteiger partial charge is 0.393 e. The summed E-state index contributed by atoms with van der Waals surface area (Å²) in [6.07, 6.45) is 0.198. The van der Waals surface area contributed by atoms with Gasteiger partial charge in [-0.15, -0.1) is 0 Å². The van der Waals surface area contributed by atoms with Crippen LogP contribution >= 0.6 is 12.6 Å². The van der Waals surface area contributed by atoms with Crippen molar-refractivity contribution in [2.24, 2.45) is 0 Å². The van der Waals surface area contributed by atoms with Crippen LogP contribution in [0.15, 0.2) is 30.3 Å². The van der Waals surface area contributed by atoms with E-state index in [1.165, 1.54) is 0 Å². The fourth-order valence-electron chi connectivity index (χ4n) is 1.35. The molecule has 16 heavy (non-hydrogen) atoms. The fourth-order valence-corrected chi connectivity index (χ4v) is 1.41. The van der Waals surface area contributed by atoms with Crippen LogP contribution in [0.1, 0.15) is 24.8 Å². The number of hydrogen-bond donors (Lipinski definition) is 1. The van der Waals surface area contributed by atoms with Gasteiger partial charge in [0.05, 0.1) is 12.2 Å². The average Bonchev–Trinajstić information content (AvgIpc) is 2.29. The number of thiol groups is 1. The maximum atomic E-state index is 11.3. The normalized spacial score (nSPS) is 11.9. The average molecular weight is 238 g/mol. The first kappa shape index (κ1) is 12.8. The number of benzene rings is 1. The molecule has 3 nitrogen and oxygen atoms in total. The molecule has 0 amide bonds. The van der Waals surface area contributed by atoms with Crippen molar-refractivity contribution in [3.8, 4) is 0 Å². The molecular weight excluding hydrogens is 224 g/mol. The van der Waals surface area contributed by atoms with Crippen molar-refractivity contribution in [2.45, 2.75) is 19.3 Å². The van der Waals surface area contributed by atoms with Crippen LogP contribution < -0.4 is 0 Å². The Balaban J connectivity index is 2.49. The van der Waals surface area contributed by atoms with Gasteiger partial charge in [0.25, 0.3) is 0 Å². The summed E-state index contributed by atoms with van der Waals surface area (Å²) in [6.45, 7) is 1.92. The van der Waals surface area contributed by atoms with Crippen LogP contribution in [0.25, 0.3) is 0 Å². The number of hydrogen-bond acceptors (Lipinski definition) is 4. The molecule has 0 saturated heterocycles. The van der Waals surface area contributed by atoms with Crippen LogP contribution in [0.4, 0.5) is 0 Å². The third-order valence-corrected chi connectivity index (χ3v) is 2.46. The van der Waals surface area contributed by atoms with Crippen molar-refractivity contribution in [1.82, 2.24) is 0 Å². The lowest BCUT2D eigenvalue weighted by atomic mass is 9.98. The van der Waals surface area contributed by atoms with Crippen molar-refractivity contribution in [3.05, 3.63) is 35.9 Å². The summed E-state index contributed by atoms with van der Waals surface area (Å²) in [5.41, 5.74) is 1.05. The van der Waals surface area contributed by atoms with E-state index in [1.54, 1.807) is 0 Å².